The Morgan fingerprint density at radius 1 is 0.373 bits per heavy atom. The van der Waals surface area contributed by atoms with Gasteiger partial charge >= 0.3 is 35.8 Å². The summed E-state index contributed by atoms with van der Waals surface area (Å²) < 4.78 is 0. The van der Waals surface area contributed by atoms with Crippen molar-refractivity contribution < 1.29 is 90.0 Å². The molecule has 0 saturated heterocycles. The number of aliphatic carboxylic acids is 6. The van der Waals surface area contributed by atoms with Gasteiger partial charge in [0.1, 0.15) is 0 Å². The van der Waals surface area contributed by atoms with Gasteiger partial charge in [0.15, 0.2) is 0 Å². The van der Waals surface area contributed by atoms with E-state index in [0.717, 1.165) is 0 Å². The van der Waals surface area contributed by atoms with Gasteiger partial charge in [-0.2, -0.15) is 75.8 Å². The van der Waals surface area contributed by atoms with Crippen molar-refractivity contribution in [1.82, 2.24) is 0 Å². The summed E-state index contributed by atoms with van der Waals surface area (Å²) in [6, 6.07) is 0. The molecule has 310 valence electrons. The van der Waals surface area contributed by atoms with Crippen molar-refractivity contribution in [2.75, 3.05) is 74.2 Å². The minimum atomic E-state index is -0.881. The predicted molar refractivity (Wildman–Crippen MR) is 211 cm³/mol. The van der Waals surface area contributed by atoms with E-state index in [2.05, 4.69) is 75.8 Å². The number of carboxylic acids is 6. The molecular weight excluding hydrogens is 805 g/mol. The van der Waals surface area contributed by atoms with Crippen LogP contribution in [0.15, 0.2) is 0 Å². The highest BCUT2D eigenvalue weighted by atomic mass is 32.1. The van der Waals surface area contributed by atoms with Crippen LogP contribution in [-0.4, -0.2) is 171 Å². The largest absolute Gasteiger partial charge is 0.481 e. The van der Waals surface area contributed by atoms with E-state index >= 15 is 0 Å². The lowest BCUT2D eigenvalue weighted by Crippen LogP contribution is -2.32. The lowest BCUT2D eigenvalue weighted by Gasteiger charge is -2.24. The second kappa shape index (κ2) is 53.0. The van der Waals surface area contributed by atoms with Crippen molar-refractivity contribution in [3.05, 3.63) is 0 Å². The molecule has 12 N–H and O–H groups in total. The Balaban J connectivity index is -0.0000000699. The summed E-state index contributed by atoms with van der Waals surface area (Å²) in [5, 5.41) is 98.5. The third kappa shape index (κ3) is 74.7. The number of thiol groups is 6. The number of hydrogen-bond donors (Lipinski definition) is 18. The lowest BCUT2D eigenvalue weighted by atomic mass is 9.88. The number of rotatable bonds is 17. The molecule has 0 aromatic heterocycles. The number of carbonyl (C=O) groups is 6. The molecule has 0 spiro atoms. The fourth-order valence-corrected chi connectivity index (χ4v) is 1.83. The third-order valence-corrected chi connectivity index (χ3v) is 6.38. The van der Waals surface area contributed by atoms with E-state index in [0.29, 0.717) is 30.1 Å². The average Bonchev–Trinajstić information content (AvgIpc) is 3.09. The fourth-order valence-electron chi connectivity index (χ4n) is 1.26. The number of aliphatic hydroxyl groups is 6. The van der Waals surface area contributed by atoms with Gasteiger partial charge < -0.3 is 61.3 Å². The summed E-state index contributed by atoms with van der Waals surface area (Å²) in [6.07, 6.45) is 1.66. The van der Waals surface area contributed by atoms with Crippen molar-refractivity contribution in [3.63, 3.8) is 0 Å². The molecule has 0 bridgehead atoms. The minimum absolute atomic E-state index is 0.0833. The molecule has 0 radical (unpaired) electrons. The zero-order valence-electron chi connectivity index (χ0n) is 28.5. The molecule has 18 nitrogen and oxygen atoms in total. The summed E-state index contributed by atoms with van der Waals surface area (Å²) in [4.78, 5) is 56.5. The molecule has 0 aliphatic heterocycles. The summed E-state index contributed by atoms with van der Waals surface area (Å²) in [5.41, 5.74) is -1.33. The zero-order chi connectivity index (χ0) is 42.5. The third-order valence-electron chi connectivity index (χ3n) is 4.90. The second-order valence-corrected chi connectivity index (χ2v) is 11.2. The van der Waals surface area contributed by atoms with Gasteiger partial charge in [0, 0.05) is 28.1 Å². The van der Waals surface area contributed by atoms with Crippen molar-refractivity contribution in [2.24, 2.45) is 10.8 Å². The van der Waals surface area contributed by atoms with Crippen LogP contribution in [0.1, 0.15) is 46.0 Å². The fraction of sp³-hybridized carbons (Fsp3) is 0.778. The van der Waals surface area contributed by atoms with Crippen LogP contribution < -0.4 is 0 Å². The lowest BCUT2D eigenvalue weighted by molar-refractivity contribution is -0.137. The van der Waals surface area contributed by atoms with Crippen LogP contribution in [0.3, 0.4) is 0 Å². The normalized spacial score (nSPS) is 9.29. The summed E-state index contributed by atoms with van der Waals surface area (Å²) in [7, 11) is 0. The molecule has 0 aliphatic carbocycles. The Labute approximate surface area is 331 Å². The first-order chi connectivity index (χ1) is 23.6. The van der Waals surface area contributed by atoms with E-state index in [4.69, 9.17) is 61.3 Å². The van der Waals surface area contributed by atoms with E-state index < -0.39 is 46.6 Å². The van der Waals surface area contributed by atoms with E-state index in [-0.39, 0.29) is 76.2 Å². The van der Waals surface area contributed by atoms with E-state index in [1.807, 2.05) is 13.8 Å². The van der Waals surface area contributed by atoms with Gasteiger partial charge in [0.25, 0.3) is 0 Å². The molecule has 0 rings (SSSR count). The molecular formula is C27H58O18S6. The Hall–Kier alpha value is -1.32. The first-order valence-electron chi connectivity index (χ1n) is 14.2. The van der Waals surface area contributed by atoms with Crippen molar-refractivity contribution in [1.29, 1.82) is 0 Å². The van der Waals surface area contributed by atoms with Gasteiger partial charge in [-0.3, -0.25) is 28.8 Å². The molecule has 0 unspecified atom stereocenters. The Bertz CT molecular complexity index is 691. The summed E-state index contributed by atoms with van der Waals surface area (Å²) in [5.74, 6) is -3.98. The van der Waals surface area contributed by atoms with Gasteiger partial charge in [0.2, 0.25) is 0 Å². The highest BCUT2D eigenvalue weighted by molar-refractivity contribution is 7.81. The van der Waals surface area contributed by atoms with Gasteiger partial charge in [-0.15, -0.1) is 0 Å². The smallest absolute Gasteiger partial charge is 0.313 e. The molecule has 0 aromatic carbocycles. The minimum Gasteiger partial charge on any atom is -0.481 e. The SMILES string of the molecule is CCC(CO)(CO)CO.CCC(CO)(CO)CO.O=C(O)CCS.O=C(O)CCS.O=C(O)CCS.O=C(O)CS.O=C(O)CS.O=C(O)CS. The van der Waals surface area contributed by atoms with E-state index in [1.165, 1.54) is 0 Å². The molecule has 0 atom stereocenters. The monoisotopic (exact) mass is 862 g/mol. The van der Waals surface area contributed by atoms with Crippen LogP contribution in [0.4, 0.5) is 0 Å². The number of carboxylic acid groups (broad SMARTS) is 6. The number of hydrogen-bond acceptors (Lipinski definition) is 18. The van der Waals surface area contributed by atoms with E-state index in [1.54, 1.807) is 0 Å². The molecule has 0 heterocycles. The topological polar surface area (TPSA) is 345 Å². The second-order valence-electron chi connectivity index (χ2n) is 8.91. The number of aliphatic hydroxyl groups excluding tert-OH is 6. The van der Waals surface area contributed by atoms with Crippen LogP contribution in [0.25, 0.3) is 0 Å². The van der Waals surface area contributed by atoms with Gasteiger partial charge in [-0.05, 0) is 12.8 Å². The Morgan fingerprint density at radius 2 is 0.510 bits per heavy atom. The van der Waals surface area contributed by atoms with Gasteiger partial charge in [-0.25, -0.2) is 0 Å². The highest BCUT2D eigenvalue weighted by Gasteiger charge is 2.25. The molecule has 51 heavy (non-hydrogen) atoms. The molecule has 24 heteroatoms. The van der Waals surface area contributed by atoms with Crippen molar-refractivity contribution in [3.8, 4) is 0 Å². The van der Waals surface area contributed by atoms with Gasteiger partial charge in [0.05, 0.1) is 76.2 Å². The first-order valence-corrected chi connectivity index (χ1v) is 18.0. The van der Waals surface area contributed by atoms with Crippen LogP contribution >= 0.6 is 75.8 Å². The first kappa shape index (κ1) is 67.8. The maximum Gasteiger partial charge on any atom is 0.313 e. The Morgan fingerprint density at radius 3 is 0.510 bits per heavy atom. The van der Waals surface area contributed by atoms with Crippen LogP contribution in [0.5, 0.6) is 0 Å². The predicted octanol–water partition coefficient (Wildman–Crippen LogP) is -0.105. The van der Waals surface area contributed by atoms with Gasteiger partial charge in [-0.1, -0.05) is 13.8 Å². The summed E-state index contributed by atoms with van der Waals surface area (Å²) in [6.45, 7) is 2.71. The maximum atomic E-state index is 9.55. The van der Waals surface area contributed by atoms with Crippen LogP contribution in [0.2, 0.25) is 0 Å². The molecule has 0 aliphatic rings. The Kier molecular flexibility index (Phi) is 70.5. The molecule has 0 aromatic rings. The highest BCUT2D eigenvalue weighted by Crippen LogP contribution is 2.18. The average molecular weight is 863 g/mol. The quantitative estimate of drug-likeness (QED) is 0.0849. The zero-order valence-corrected chi connectivity index (χ0v) is 33.9. The molecule has 0 amide bonds. The molecule has 0 saturated carbocycles. The van der Waals surface area contributed by atoms with Crippen molar-refractivity contribution in [2.45, 2.75) is 46.0 Å². The van der Waals surface area contributed by atoms with E-state index in [9.17, 15) is 28.8 Å². The maximum absolute atomic E-state index is 9.55. The van der Waals surface area contributed by atoms with Crippen LogP contribution in [0, 0.1) is 10.8 Å². The summed E-state index contributed by atoms with van der Waals surface area (Å²) >= 11 is 21.3. The van der Waals surface area contributed by atoms with Crippen molar-refractivity contribution >= 4 is 112 Å². The standard InChI is InChI=1S/2C6H14O3.3C3H6O2S.3C2H4O2S/c2*1-2-6(3-7,4-8)5-9;3*4-3(5)1-2-6;3*3-2(4)1-5/h2*7-9H,2-5H2,1H3;3*6H,1-2H2,(H,4,5);3*5H,1H2,(H,3,4). The van der Waals surface area contributed by atoms with Crippen LogP contribution in [-0.2, 0) is 28.8 Å². The molecule has 0 fully saturated rings.